The summed E-state index contributed by atoms with van der Waals surface area (Å²) in [4.78, 5) is 27.6. The Morgan fingerprint density at radius 3 is 2.62 bits per heavy atom. The van der Waals surface area contributed by atoms with Crippen molar-refractivity contribution in [2.75, 3.05) is 51.0 Å². The molecule has 0 fully saturated rings. The van der Waals surface area contributed by atoms with Crippen LogP contribution >= 0.6 is 0 Å². The topological polar surface area (TPSA) is 134 Å². The number of benzene rings is 2. The van der Waals surface area contributed by atoms with Crippen LogP contribution in [0.4, 0.5) is 17.6 Å². The maximum atomic E-state index is 13.2. The third-order valence-corrected chi connectivity index (χ3v) is 5.99. The van der Waals surface area contributed by atoms with Crippen molar-refractivity contribution >= 4 is 23.5 Å². The highest BCUT2D eigenvalue weighted by molar-refractivity contribution is 5.97. The van der Waals surface area contributed by atoms with Crippen LogP contribution in [-0.2, 0) is 6.54 Å². The molecule has 1 amide bonds. The molecule has 208 valence electrons. The van der Waals surface area contributed by atoms with Gasteiger partial charge in [0.05, 0.1) is 18.8 Å². The van der Waals surface area contributed by atoms with Crippen LogP contribution in [0.25, 0.3) is 0 Å². The number of nitrogens with zero attached hydrogens (tertiary/aromatic N) is 4. The molecule has 0 spiro atoms. The van der Waals surface area contributed by atoms with E-state index in [1.807, 2.05) is 38.4 Å². The van der Waals surface area contributed by atoms with Crippen molar-refractivity contribution in [3.05, 3.63) is 53.6 Å². The van der Waals surface area contributed by atoms with E-state index in [9.17, 15) is 9.90 Å². The van der Waals surface area contributed by atoms with Crippen molar-refractivity contribution in [1.82, 2.24) is 25.2 Å². The van der Waals surface area contributed by atoms with Crippen LogP contribution in [0.1, 0.15) is 42.6 Å². The summed E-state index contributed by atoms with van der Waals surface area (Å²) in [6, 6.07) is 12.5. The van der Waals surface area contributed by atoms with Crippen LogP contribution in [0.15, 0.2) is 42.5 Å². The first-order valence-corrected chi connectivity index (χ1v) is 13.0. The Bertz CT molecular complexity index is 1280. The number of rotatable bonds is 5. The highest BCUT2D eigenvalue weighted by atomic mass is 16.5. The zero-order valence-corrected chi connectivity index (χ0v) is 23.0. The molecule has 3 aromatic rings. The molecule has 11 nitrogen and oxygen atoms in total. The van der Waals surface area contributed by atoms with Gasteiger partial charge in [0, 0.05) is 31.4 Å². The monoisotopic (exact) mass is 535 g/mol. The van der Waals surface area contributed by atoms with E-state index in [0.29, 0.717) is 43.3 Å². The second-order valence-corrected chi connectivity index (χ2v) is 10.6. The number of amides is 1. The number of hydrogen-bond donors (Lipinski definition) is 4. The highest BCUT2D eigenvalue weighted by Gasteiger charge is 2.22. The number of ether oxygens (including phenoxy) is 2. The molecule has 6 bridgehead atoms. The van der Waals surface area contributed by atoms with Gasteiger partial charge >= 0.3 is 6.01 Å². The molecule has 1 aliphatic heterocycles. The zero-order chi connectivity index (χ0) is 27.8. The number of carbonyl (C=O) groups excluding carboxylic acids is 1. The fourth-order valence-electron chi connectivity index (χ4n) is 4.37. The molecule has 1 aromatic heterocycles. The van der Waals surface area contributed by atoms with Crippen molar-refractivity contribution in [1.29, 1.82) is 0 Å². The van der Waals surface area contributed by atoms with Crippen molar-refractivity contribution in [2.45, 2.75) is 33.2 Å². The van der Waals surface area contributed by atoms with Gasteiger partial charge in [-0.1, -0.05) is 26.0 Å². The minimum atomic E-state index is -0.422. The normalized spacial score (nSPS) is 14.1. The Morgan fingerprint density at radius 1 is 1.05 bits per heavy atom. The molecule has 0 aliphatic carbocycles. The SMILES string of the molecule is CN(C)CC(C)(C)CNC(=O)c1ccc2cc1OCCCCOc1cccc(c1)CNc1nc(O)nc(n1)N2. The van der Waals surface area contributed by atoms with Gasteiger partial charge in [0.2, 0.25) is 11.9 Å². The molecular formula is C28H37N7O4. The lowest BCUT2D eigenvalue weighted by Gasteiger charge is -2.28. The second-order valence-electron chi connectivity index (χ2n) is 10.6. The van der Waals surface area contributed by atoms with Crippen LogP contribution in [0.2, 0.25) is 0 Å². The van der Waals surface area contributed by atoms with Crippen molar-refractivity contribution in [3.63, 3.8) is 0 Å². The summed E-state index contributed by atoms with van der Waals surface area (Å²) in [6.45, 7) is 6.97. The minimum absolute atomic E-state index is 0.101. The first kappa shape index (κ1) is 27.9. The largest absolute Gasteiger partial charge is 0.494 e. The minimum Gasteiger partial charge on any atom is -0.494 e. The fourth-order valence-corrected chi connectivity index (χ4v) is 4.37. The summed E-state index contributed by atoms with van der Waals surface area (Å²) in [5.41, 5.74) is 1.92. The summed E-state index contributed by atoms with van der Waals surface area (Å²) in [6.07, 6.45) is 1.54. The van der Waals surface area contributed by atoms with Gasteiger partial charge in [-0.25, -0.2) is 0 Å². The lowest BCUT2D eigenvalue weighted by molar-refractivity contribution is 0.0925. The molecule has 4 rings (SSSR count). The third kappa shape index (κ3) is 8.44. The molecule has 0 saturated heterocycles. The molecule has 11 heteroatoms. The predicted octanol–water partition coefficient (Wildman–Crippen LogP) is 3.80. The average molecular weight is 536 g/mol. The van der Waals surface area contributed by atoms with Crippen LogP contribution in [-0.4, -0.2) is 71.3 Å². The first-order chi connectivity index (χ1) is 18.7. The molecule has 4 N–H and O–H groups in total. The van der Waals surface area contributed by atoms with E-state index in [1.54, 1.807) is 18.2 Å². The van der Waals surface area contributed by atoms with Gasteiger partial charge < -0.3 is 35.4 Å². The van der Waals surface area contributed by atoms with Gasteiger partial charge in [0.25, 0.3) is 5.91 Å². The van der Waals surface area contributed by atoms with Crippen LogP contribution in [0, 0.1) is 5.41 Å². The Morgan fingerprint density at radius 2 is 1.82 bits per heavy atom. The van der Waals surface area contributed by atoms with Crippen molar-refractivity contribution < 1.29 is 19.4 Å². The number of nitrogens with one attached hydrogen (secondary N) is 3. The smallest absolute Gasteiger partial charge is 0.320 e. The third-order valence-electron chi connectivity index (χ3n) is 5.99. The van der Waals surface area contributed by atoms with E-state index in [2.05, 4.69) is 49.6 Å². The summed E-state index contributed by atoms with van der Waals surface area (Å²) < 4.78 is 12.0. The number of anilines is 3. The Hall–Kier alpha value is -4.12. The van der Waals surface area contributed by atoms with Gasteiger partial charge in [-0.3, -0.25) is 4.79 Å². The van der Waals surface area contributed by atoms with Crippen molar-refractivity contribution in [3.8, 4) is 17.5 Å². The molecule has 0 saturated carbocycles. The zero-order valence-electron chi connectivity index (χ0n) is 23.0. The molecule has 2 aromatic carbocycles. The van der Waals surface area contributed by atoms with E-state index in [4.69, 9.17) is 9.47 Å². The lowest BCUT2D eigenvalue weighted by atomic mass is 9.93. The molecular weight excluding hydrogens is 498 g/mol. The molecule has 1 aliphatic rings. The number of fused-ring (bicyclic) bond motifs is 6. The van der Waals surface area contributed by atoms with E-state index in [-0.39, 0.29) is 23.2 Å². The molecule has 0 atom stereocenters. The molecule has 39 heavy (non-hydrogen) atoms. The van der Waals surface area contributed by atoms with Gasteiger partial charge in [-0.05, 0) is 62.2 Å². The standard InChI is InChI=1S/C28H37N7O4/c1-28(2,18-35(3)4)17-30-24(36)22-11-10-20-15-23(22)39-13-6-5-12-38-21-9-7-8-19(14-21)16-29-25-32-26(31-20)34-27(37)33-25/h7-11,14-15H,5-6,12-13,16-18H2,1-4H3,(H,30,36)(H3,29,31,32,33,34,37). The second kappa shape index (κ2) is 12.6. The maximum absolute atomic E-state index is 13.2. The summed E-state index contributed by atoms with van der Waals surface area (Å²) in [5.74, 6) is 1.36. The van der Waals surface area contributed by atoms with E-state index in [0.717, 1.165) is 30.7 Å². The fraction of sp³-hybridized carbons (Fsp3) is 0.429. The van der Waals surface area contributed by atoms with Gasteiger partial charge in [-0.2, -0.15) is 15.0 Å². The maximum Gasteiger partial charge on any atom is 0.320 e. The Balaban J connectivity index is 1.57. The quantitative estimate of drug-likeness (QED) is 0.382. The summed E-state index contributed by atoms with van der Waals surface area (Å²) in [5, 5.41) is 19.3. The van der Waals surface area contributed by atoms with Crippen LogP contribution < -0.4 is 25.4 Å². The van der Waals surface area contributed by atoms with E-state index < -0.39 is 6.01 Å². The highest BCUT2D eigenvalue weighted by Crippen LogP contribution is 2.27. The number of hydrogen-bond acceptors (Lipinski definition) is 10. The van der Waals surface area contributed by atoms with Gasteiger partial charge in [0.15, 0.2) is 0 Å². The van der Waals surface area contributed by atoms with E-state index in [1.165, 1.54) is 0 Å². The Labute approximate surface area is 229 Å². The van der Waals surface area contributed by atoms with Crippen molar-refractivity contribution in [2.24, 2.45) is 5.41 Å². The van der Waals surface area contributed by atoms with E-state index >= 15 is 0 Å². The molecule has 0 radical (unpaired) electrons. The van der Waals surface area contributed by atoms with Gasteiger partial charge in [-0.15, -0.1) is 0 Å². The van der Waals surface area contributed by atoms with Crippen LogP contribution in [0.3, 0.4) is 0 Å². The molecule has 2 heterocycles. The lowest BCUT2D eigenvalue weighted by Crippen LogP contribution is -2.40. The number of aromatic hydroxyl groups is 1. The summed E-state index contributed by atoms with van der Waals surface area (Å²) in [7, 11) is 4.03. The van der Waals surface area contributed by atoms with Crippen LogP contribution in [0.5, 0.6) is 17.5 Å². The Kier molecular flexibility index (Phi) is 9.03. The predicted molar refractivity (Wildman–Crippen MR) is 150 cm³/mol. The average Bonchev–Trinajstić information content (AvgIpc) is 2.87. The molecule has 0 unspecified atom stereocenters. The summed E-state index contributed by atoms with van der Waals surface area (Å²) >= 11 is 0. The van der Waals surface area contributed by atoms with Gasteiger partial charge in [0.1, 0.15) is 11.5 Å². The first-order valence-electron chi connectivity index (χ1n) is 13.0. The number of aromatic nitrogens is 3. The number of carbonyl (C=O) groups is 1.